The highest BCUT2D eigenvalue weighted by molar-refractivity contribution is 5.91. The minimum Gasteiger partial charge on any atom is -0.465 e. The van der Waals surface area contributed by atoms with Crippen molar-refractivity contribution in [1.82, 2.24) is 4.98 Å². The molecule has 0 unspecified atom stereocenters. The summed E-state index contributed by atoms with van der Waals surface area (Å²) in [6.07, 6.45) is -10.2. The van der Waals surface area contributed by atoms with Crippen molar-refractivity contribution in [2.24, 2.45) is 0 Å². The quantitative estimate of drug-likeness (QED) is 0.583. The fourth-order valence-electron chi connectivity index (χ4n) is 1.24. The van der Waals surface area contributed by atoms with Gasteiger partial charge in [0.1, 0.15) is 5.56 Å². The third-order valence-electron chi connectivity index (χ3n) is 1.91. The first kappa shape index (κ1) is 14.3. The first-order valence-electron chi connectivity index (χ1n) is 4.30. The summed E-state index contributed by atoms with van der Waals surface area (Å²) in [6.45, 7) is 0. The summed E-state index contributed by atoms with van der Waals surface area (Å²) in [5.41, 5.74) is -5.55. The Kier molecular flexibility index (Phi) is 3.54. The molecule has 0 atom stereocenters. The molecular weight excluding hydrogens is 268 g/mol. The Hall–Kier alpha value is -1.80. The number of nitrogens with zero attached hydrogens (tertiary/aromatic N) is 1. The Labute approximate surface area is 96.4 Å². The van der Waals surface area contributed by atoms with E-state index >= 15 is 0 Å². The maximum Gasteiger partial charge on any atom is 0.433 e. The van der Waals surface area contributed by atoms with Gasteiger partial charge in [0, 0.05) is 6.20 Å². The largest absolute Gasteiger partial charge is 0.465 e. The lowest BCUT2D eigenvalue weighted by atomic mass is 10.1. The van der Waals surface area contributed by atoms with Crippen LogP contribution in [0.4, 0.5) is 26.3 Å². The number of carbonyl (C=O) groups excluding carboxylic acids is 1. The number of alkyl halides is 6. The smallest absolute Gasteiger partial charge is 0.433 e. The first-order valence-corrected chi connectivity index (χ1v) is 4.30. The van der Waals surface area contributed by atoms with Gasteiger partial charge >= 0.3 is 18.3 Å². The van der Waals surface area contributed by atoms with Crippen LogP contribution in [0.15, 0.2) is 12.3 Å². The lowest BCUT2D eigenvalue weighted by molar-refractivity contribution is -0.165. The predicted molar refractivity (Wildman–Crippen MR) is 45.6 cm³/mol. The van der Waals surface area contributed by atoms with E-state index in [1.165, 1.54) is 0 Å². The average molecular weight is 273 g/mol. The van der Waals surface area contributed by atoms with Gasteiger partial charge in [-0.05, 0) is 6.07 Å². The van der Waals surface area contributed by atoms with Gasteiger partial charge in [0.25, 0.3) is 0 Å². The first-order chi connectivity index (χ1) is 8.09. The molecule has 0 aliphatic rings. The van der Waals surface area contributed by atoms with Crippen molar-refractivity contribution in [3.8, 4) is 0 Å². The Morgan fingerprint density at radius 1 is 1.17 bits per heavy atom. The van der Waals surface area contributed by atoms with Gasteiger partial charge in [-0.3, -0.25) is 4.98 Å². The molecule has 0 saturated heterocycles. The zero-order valence-corrected chi connectivity index (χ0v) is 8.69. The maximum atomic E-state index is 12.6. The van der Waals surface area contributed by atoms with E-state index in [1.54, 1.807) is 0 Å². The second-order valence-electron chi connectivity index (χ2n) is 3.07. The highest BCUT2D eigenvalue weighted by atomic mass is 19.4. The SMILES string of the molecule is COC(=O)c1ccnc(C(F)(F)F)c1C(F)(F)F. The molecule has 0 aliphatic carbocycles. The normalized spacial score (nSPS) is 12.4. The van der Waals surface area contributed by atoms with Crippen LogP contribution >= 0.6 is 0 Å². The third kappa shape index (κ3) is 2.71. The average Bonchev–Trinajstić information content (AvgIpc) is 2.24. The molecule has 0 aliphatic heterocycles. The molecule has 0 N–H and O–H groups in total. The van der Waals surface area contributed by atoms with Crippen LogP contribution in [-0.2, 0) is 17.1 Å². The van der Waals surface area contributed by atoms with Crippen molar-refractivity contribution in [1.29, 1.82) is 0 Å². The van der Waals surface area contributed by atoms with Gasteiger partial charge in [-0.2, -0.15) is 26.3 Å². The van der Waals surface area contributed by atoms with E-state index in [1.807, 2.05) is 0 Å². The molecule has 0 amide bonds. The van der Waals surface area contributed by atoms with Crippen LogP contribution in [0.25, 0.3) is 0 Å². The van der Waals surface area contributed by atoms with Gasteiger partial charge in [0.15, 0.2) is 5.69 Å². The van der Waals surface area contributed by atoms with E-state index in [2.05, 4.69) is 9.72 Å². The van der Waals surface area contributed by atoms with Crippen molar-refractivity contribution >= 4 is 5.97 Å². The molecule has 1 aromatic rings. The molecule has 0 spiro atoms. The number of aromatic nitrogens is 1. The summed E-state index contributed by atoms with van der Waals surface area (Å²) >= 11 is 0. The lowest BCUT2D eigenvalue weighted by Crippen LogP contribution is -2.23. The van der Waals surface area contributed by atoms with Crippen LogP contribution in [0.2, 0.25) is 0 Å². The molecule has 0 radical (unpaired) electrons. The fourth-order valence-corrected chi connectivity index (χ4v) is 1.24. The molecule has 1 heterocycles. The minimum atomic E-state index is -5.37. The summed E-state index contributed by atoms with van der Waals surface area (Å²) in [4.78, 5) is 13.7. The summed E-state index contributed by atoms with van der Waals surface area (Å²) in [7, 11) is 0.760. The molecular formula is C9H5F6NO2. The van der Waals surface area contributed by atoms with E-state index in [9.17, 15) is 31.1 Å². The molecule has 0 fully saturated rings. The second-order valence-corrected chi connectivity index (χ2v) is 3.07. The molecule has 3 nitrogen and oxygen atoms in total. The Balaban J connectivity index is 3.61. The molecule has 1 aromatic heterocycles. The fraction of sp³-hybridized carbons (Fsp3) is 0.333. The summed E-state index contributed by atoms with van der Waals surface area (Å²) in [6, 6.07) is 0.518. The highest BCUT2D eigenvalue weighted by Gasteiger charge is 2.47. The standard InChI is InChI=1S/C9H5F6NO2/c1-18-7(17)4-2-3-16-6(9(13,14)15)5(4)8(10,11)12/h2-3H,1H3. The minimum absolute atomic E-state index is 0.463. The monoisotopic (exact) mass is 273 g/mol. The number of pyridine rings is 1. The Morgan fingerprint density at radius 3 is 2.11 bits per heavy atom. The molecule has 0 aromatic carbocycles. The zero-order valence-electron chi connectivity index (χ0n) is 8.69. The van der Waals surface area contributed by atoms with Gasteiger partial charge in [-0.15, -0.1) is 0 Å². The van der Waals surface area contributed by atoms with Crippen molar-refractivity contribution in [2.45, 2.75) is 12.4 Å². The molecule has 18 heavy (non-hydrogen) atoms. The van der Waals surface area contributed by atoms with Gasteiger partial charge < -0.3 is 4.74 Å². The van der Waals surface area contributed by atoms with Crippen LogP contribution < -0.4 is 0 Å². The highest BCUT2D eigenvalue weighted by Crippen LogP contribution is 2.40. The van der Waals surface area contributed by atoms with E-state index in [4.69, 9.17) is 0 Å². The van der Waals surface area contributed by atoms with Gasteiger partial charge in [-0.25, -0.2) is 4.79 Å². The van der Waals surface area contributed by atoms with Crippen LogP contribution in [0.3, 0.4) is 0 Å². The van der Waals surface area contributed by atoms with E-state index in [0.717, 1.165) is 7.11 Å². The van der Waals surface area contributed by atoms with Crippen LogP contribution in [0, 0.1) is 0 Å². The summed E-state index contributed by atoms with van der Waals surface area (Å²) < 4.78 is 79.0. The van der Waals surface area contributed by atoms with E-state index < -0.39 is 35.1 Å². The molecule has 1 rings (SSSR count). The third-order valence-corrected chi connectivity index (χ3v) is 1.91. The second kappa shape index (κ2) is 4.46. The van der Waals surface area contributed by atoms with Crippen molar-refractivity contribution in [3.63, 3.8) is 0 Å². The van der Waals surface area contributed by atoms with Gasteiger partial charge in [0.2, 0.25) is 0 Å². The van der Waals surface area contributed by atoms with Crippen molar-refractivity contribution in [2.75, 3.05) is 7.11 Å². The summed E-state index contributed by atoms with van der Waals surface area (Å²) in [5.74, 6) is -1.52. The number of rotatable bonds is 1. The maximum absolute atomic E-state index is 12.6. The molecule has 9 heteroatoms. The Bertz CT molecular complexity index is 465. The predicted octanol–water partition coefficient (Wildman–Crippen LogP) is 2.91. The number of hydrogen-bond donors (Lipinski definition) is 0. The molecule has 100 valence electrons. The summed E-state index contributed by atoms with van der Waals surface area (Å²) in [5, 5.41) is 0. The topological polar surface area (TPSA) is 39.2 Å². The number of methoxy groups -OCH3 is 1. The number of halogens is 6. The number of ether oxygens (including phenoxy) is 1. The van der Waals surface area contributed by atoms with E-state index in [-0.39, 0.29) is 0 Å². The van der Waals surface area contributed by atoms with Crippen LogP contribution in [0.1, 0.15) is 21.6 Å². The lowest BCUT2D eigenvalue weighted by Gasteiger charge is -2.16. The Morgan fingerprint density at radius 2 is 1.72 bits per heavy atom. The van der Waals surface area contributed by atoms with Crippen LogP contribution in [-0.4, -0.2) is 18.1 Å². The number of carbonyl (C=O) groups is 1. The van der Waals surface area contributed by atoms with Crippen LogP contribution in [0.5, 0.6) is 0 Å². The van der Waals surface area contributed by atoms with Gasteiger partial charge in [0.05, 0.1) is 12.7 Å². The number of hydrogen-bond acceptors (Lipinski definition) is 3. The molecule has 0 saturated carbocycles. The molecule has 0 bridgehead atoms. The van der Waals surface area contributed by atoms with E-state index in [0.29, 0.717) is 12.3 Å². The van der Waals surface area contributed by atoms with Crippen molar-refractivity contribution < 1.29 is 35.9 Å². The van der Waals surface area contributed by atoms with Gasteiger partial charge in [-0.1, -0.05) is 0 Å². The van der Waals surface area contributed by atoms with Crippen molar-refractivity contribution in [3.05, 3.63) is 29.1 Å². The number of esters is 1. The zero-order chi connectivity index (χ0) is 14.1.